The summed E-state index contributed by atoms with van der Waals surface area (Å²) < 4.78 is 4.55. The second-order valence-electron chi connectivity index (χ2n) is 3.04. The zero-order chi connectivity index (χ0) is 12.0. The number of primary amides is 1. The first-order chi connectivity index (χ1) is 7.61. The third-order valence-corrected chi connectivity index (χ3v) is 2.59. The van der Waals surface area contributed by atoms with Crippen molar-refractivity contribution in [2.24, 2.45) is 5.73 Å². The Morgan fingerprint density at radius 2 is 2.00 bits per heavy atom. The Morgan fingerprint density at radius 3 is 2.56 bits per heavy atom. The van der Waals surface area contributed by atoms with Gasteiger partial charge in [-0.1, -0.05) is 29.3 Å². The number of nitrogens with two attached hydrogens (primary N) is 1. The molecule has 0 aliphatic carbocycles. The molecule has 0 spiro atoms. The van der Waals surface area contributed by atoms with E-state index in [1.54, 1.807) is 18.2 Å². The fourth-order valence-corrected chi connectivity index (χ4v) is 1.67. The zero-order valence-electron chi connectivity index (χ0n) is 8.50. The first kappa shape index (κ1) is 13.1. The number of amides is 1. The number of nitrogens with one attached hydrogen (secondary N) is 1. The van der Waals surface area contributed by atoms with Gasteiger partial charge in [0.2, 0.25) is 0 Å². The van der Waals surface area contributed by atoms with Crippen molar-refractivity contribution in [3.8, 4) is 0 Å². The van der Waals surface area contributed by atoms with E-state index in [1.807, 2.05) is 0 Å². The Kier molecular flexibility index (Phi) is 5.38. The van der Waals surface area contributed by atoms with Crippen LogP contribution in [0.5, 0.6) is 0 Å². The topological polar surface area (TPSA) is 64.4 Å². The van der Waals surface area contributed by atoms with Crippen LogP contribution >= 0.6 is 23.2 Å². The Hall–Kier alpha value is -0.970. The maximum atomic E-state index is 10.3. The lowest BCUT2D eigenvalue weighted by molar-refractivity contribution is 0.157. The molecule has 0 heterocycles. The molecule has 0 bridgehead atoms. The number of rotatable bonds is 5. The van der Waals surface area contributed by atoms with Crippen LogP contribution in [0.3, 0.4) is 0 Å². The predicted molar refractivity (Wildman–Crippen MR) is 63.7 cm³/mol. The van der Waals surface area contributed by atoms with E-state index in [4.69, 9.17) is 28.9 Å². The summed E-state index contributed by atoms with van der Waals surface area (Å²) in [5.41, 5.74) is 5.63. The average Bonchev–Trinajstić information content (AvgIpc) is 2.21. The van der Waals surface area contributed by atoms with E-state index in [0.717, 1.165) is 5.56 Å². The van der Waals surface area contributed by atoms with E-state index in [9.17, 15) is 4.79 Å². The normalized spacial score (nSPS) is 10.1. The van der Waals surface area contributed by atoms with Crippen LogP contribution < -0.4 is 11.1 Å². The maximum Gasteiger partial charge on any atom is 0.404 e. The van der Waals surface area contributed by atoms with Gasteiger partial charge in [0.05, 0.1) is 0 Å². The lowest BCUT2D eigenvalue weighted by atomic mass is 10.2. The fourth-order valence-electron chi connectivity index (χ4n) is 1.14. The van der Waals surface area contributed by atoms with Crippen molar-refractivity contribution >= 4 is 29.3 Å². The lowest BCUT2D eigenvalue weighted by Crippen LogP contribution is -2.23. The summed E-state index contributed by atoms with van der Waals surface area (Å²) in [4.78, 5) is 10.3. The molecule has 1 rings (SSSR count). The zero-order valence-corrected chi connectivity index (χ0v) is 10.0. The van der Waals surface area contributed by atoms with Crippen molar-refractivity contribution in [3.05, 3.63) is 33.8 Å². The smallest absolute Gasteiger partial charge is 0.404 e. The van der Waals surface area contributed by atoms with Gasteiger partial charge in [0.25, 0.3) is 0 Å². The van der Waals surface area contributed by atoms with Crippen LogP contribution in [0.25, 0.3) is 0 Å². The molecule has 0 unspecified atom stereocenters. The molecule has 6 heteroatoms. The molecule has 1 aromatic rings. The van der Waals surface area contributed by atoms with Gasteiger partial charge in [0, 0.05) is 28.7 Å². The summed E-state index contributed by atoms with van der Waals surface area (Å²) in [5, 5.41) is 4.25. The Balaban J connectivity index is 2.34. The third kappa shape index (κ3) is 4.26. The minimum absolute atomic E-state index is 0.220. The molecule has 0 saturated heterocycles. The molecule has 0 atom stereocenters. The molecule has 4 nitrogen and oxygen atoms in total. The third-order valence-electron chi connectivity index (χ3n) is 1.89. The summed E-state index contributed by atoms with van der Waals surface area (Å²) in [6.07, 6.45) is -0.780. The molecule has 1 aromatic carbocycles. The van der Waals surface area contributed by atoms with Gasteiger partial charge in [-0.15, -0.1) is 0 Å². The SMILES string of the molecule is NC(=O)OCCNCc1c(Cl)cccc1Cl. The van der Waals surface area contributed by atoms with E-state index >= 15 is 0 Å². The van der Waals surface area contributed by atoms with Crippen LogP contribution in [-0.2, 0) is 11.3 Å². The molecular weight excluding hydrogens is 251 g/mol. The van der Waals surface area contributed by atoms with Crippen molar-refractivity contribution in [1.82, 2.24) is 5.32 Å². The molecular formula is C10H12Cl2N2O2. The number of carbonyl (C=O) groups is 1. The summed E-state index contributed by atoms with van der Waals surface area (Å²) in [6, 6.07) is 5.32. The Morgan fingerprint density at radius 1 is 1.38 bits per heavy atom. The van der Waals surface area contributed by atoms with Crippen molar-refractivity contribution < 1.29 is 9.53 Å². The average molecular weight is 263 g/mol. The fraction of sp³-hybridized carbons (Fsp3) is 0.300. The van der Waals surface area contributed by atoms with Crippen molar-refractivity contribution in [2.45, 2.75) is 6.54 Å². The second kappa shape index (κ2) is 6.58. The van der Waals surface area contributed by atoms with Gasteiger partial charge in [-0.2, -0.15) is 0 Å². The monoisotopic (exact) mass is 262 g/mol. The quantitative estimate of drug-likeness (QED) is 0.800. The van der Waals surface area contributed by atoms with Crippen molar-refractivity contribution in [2.75, 3.05) is 13.2 Å². The van der Waals surface area contributed by atoms with E-state index in [-0.39, 0.29) is 6.61 Å². The van der Waals surface area contributed by atoms with E-state index < -0.39 is 6.09 Å². The molecule has 0 aliphatic rings. The number of halogens is 2. The van der Waals surface area contributed by atoms with Crippen LogP contribution in [0, 0.1) is 0 Å². The summed E-state index contributed by atoms with van der Waals surface area (Å²) in [7, 11) is 0. The highest BCUT2D eigenvalue weighted by Gasteiger charge is 2.04. The number of hydrogen-bond acceptors (Lipinski definition) is 3. The lowest BCUT2D eigenvalue weighted by Gasteiger charge is -2.08. The van der Waals surface area contributed by atoms with Crippen LogP contribution in [0.2, 0.25) is 10.0 Å². The van der Waals surface area contributed by atoms with Gasteiger partial charge in [-0.05, 0) is 12.1 Å². The van der Waals surface area contributed by atoms with Gasteiger partial charge in [-0.3, -0.25) is 0 Å². The molecule has 0 fully saturated rings. The van der Waals surface area contributed by atoms with Gasteiger partial charge >= 0.3 is 6.09 Å². The van der Waals surface area contributed by atoms with Crippen LogP contribution in [-0.4, -0.2) is 19.2 Å². The highest BCUT2D eigenvalue weighted by Crippen LogP contribution is 2.23. The number of benzene rings is 1. The highest BCUT2D eigenvalue weighted by atomic mass is 35.5. The van der Waals surface area contributed by atoms with E-state index in [2.05, 4.69) is 10.1 Å². The van der Waals surface area contributed by atoms with Gasteiger partial charge in [0.15, 0.2) is 0 Å². The maximum absolute atomic E-state index is 10.3. The minimum Gasteiger partial charge on any atom is -0.448 e. The van der Waals surface area contributed by atoms with E-state index in [1.165, 1.54) is 0 Å². The first-order valence-corrected chi connectivity index (χ1v) is 5.42. The van der Waals surface area contributed by atoms with Gasteiger partial charge in [0.1, 0.15) is 6.61 Å². The summed E-state index contributed by atoms with van der Waals surface area (Å²) in [6.45, 7) is 1.22. The number of ether oxygens (including phenoxy) is 1. The minimum atomic E-state index is -0.780. The number of hydrogen-bond donors (Lipinski definition) is 2. The van der Waals surface area contributed by atoms with Gasteiger partial charge < -0.3 is 15.8 Å². The molecule has 88 valence electrons. The predicted octanol–water partition coefficient (Wildman–Crippen LogP) is 2.18. The molecule has 1 amide bonds. The van der Waals surface area contributed by atoms with Crippen molar-refractivity contribution in [3.63, 3.8) is 0 Å². The molecule has 3 N–H and O–H groups in total. The Bertz CT molecular complexity index is 352. The van der Waals surface area contributed by atoms with Crippen molar-refractivity contribution in [1.29, 1.82) is 0 Å². The molecule has 0 aromatic heterocycles. The molecule has 0 saturated carbocycles. The summed E-state index contributed by atoms with van der Waals surface area (Å²) >= 11 is 11.9. The number of carbonyl (C=O) groups excluding carboxylic acids is 1. The highest BCUT2D eigenvalue weighted by molar-refractivity contribution is 6.35. The van der Waals surface area contributed by atoms with Gasteiger partial charge in [-0.25, -0.2) is 4.79 Å². The van der Waals surface area contributed by atoms with Crippen LogP contribution in [0.4, 0.5) is 4.79 Å². The standard InChI is InChI=1S/C10H12Cl2N2O2/c11-8-2-1-3-9(12)7(8)6-14-4-5-16-10(13)15/h1-3,14H,4-6H2,(H2,13,15). The molecule has 0 radical (unpaired) electrons. The van der Waals surface area contributed by atoms with Crippen LogP contribution in [0.1, 0.15) is 5.56 Å². The van der Waals surface area contributed by atoms with Crippen LogP contribution in [0.15, 0.2) is 18.2 Å². The summed E-state index contributed by atoms with van der Waals surface area (Å²) in [5.74, 6) is 0. The largest absolute Gasteiger partial charge is 0.448 e. The second-order valence-corrected chi connectivity index (χ2v) is 3.86. The molecule has 16 heavy (non-hydrogen) atoms. The molecule has 0 aliphatic heterocycles. The first-order valence-electron chi connectivity index (χ1n) is 4.67. The van der Waals surface area contributed by atoms with E-state index in [0.29, 0.717) is 23.1 Å². The Labute approximate surface area is 104 Å².